The Morgan fingerprint density at radius 2 is 0.750 bits per heavy atom. The molecule has 4 heavy (non-hydrogen) atoms. The van der Waals surface area contributed by atoms with Crippen molar-refractivity contribution in [3.05, 3.63) is 0 Å². The van der Waals surface area contributed by atoms with Crippen molar-refractivity contribution in [1.82, 2.24) is 0 Å². The molecule has 0 fully saturated rings. The molecular weight excluding hydrogens is 163 g/mol. The average molecular weight is 165 g/mol. The van der Waals surface area contributed by atoms with E-state index in [4.69, 9.17) is 10.5 Å². The molecule has 0 aliphatic rings. The van der Waals surface area contributed by atoms with Crippen LogP contribution in [0, 0.1) is 0 Å². The topological polar surface area (TPSA) is 40.5 Å². The van der Waals surface area contributed by atoms with Gasteiger partial charge in [0, 0.05) is 39.0 Å². The van der Waals surface area contributed by atoms with Gasteiger partial charge in [0.15, 0.2) is 0 Å². The van der Waals surface area contributed by atoms with Gasteiger partial charge < -0.3 is 0 Å². The quantitative estimate of drug-likeness (QED) is 0.301. The molecule has 0 aliphatic heterocycles. The van der Waals surface area contributed by atoms with Crippen LogP contribution in [0.4, 0.5) is 0 Å². The van der Waals surface area contributed by atoms with Crippen LogP contribution in [0.1, 0.15) is 0 Å². The van der Waals surface area contributed by atoms with E-state index >= 15 is 0 Å². The van der Waals surface area contributed by atoms with Gasteiger partial charge in [-0.2, -0.15) is 0 Å². The molecule has 0 bridgehead atoms. The minimum atomic E-state index is 0. The minimum absolute atomic E-state index is 0. The summed E-state index contributed by atoms with van der Waals surface area (Å²) in [6.07, 6.45) is 0. The first kappa shape index (κ1) is 19.1. The van der Waals surface area contributed by atoms with Gasteiger partial charge in [-0.05, 0) is 0 Å². The van der Waals surface area contributed by atoms with Crippen LogP contribution in [0.2, 0.25) is 0 Å². The fourth-order valence-electron chi connectivity index (χ4n) is 0. The second-order valence-electron chi connectivity index (χ2n) is 0. The zero-order valence-corrected chi connectivity index (χ0v) is 8.24. The summed E-state index contributed by atoms with van der Waals surface area (Å²) in [6.45, 7) is 0. The SMILES string of the molecule is OO.[Zn].[Zn]. The molecule has 0 aliphatic carbocycles. The van der Waals surface area contributed by atoms with Crippen molar-refractivity contribution < 1.29 is 49.5 Å². The molecule has 0 radical (unpaired) electrons. The van der Waals surface area contributed by atoms with E-state index in [1.54, 1.807) is 0 Å². The van der Waals surface area contributed by atoms with Gasteiger partial charge in [-0.15, -0.1) is 0 Å². The zero-order valence-electron chi connectivity index (χ0n) is 2.31. The largest absolute Gasteiger partial charge is 0.255 e. The average Bonchev–Trinajstić information content (AvgIpc) is 1.00. The van der Waals surface area contributed by atoms with E-state index in [2.05, 4.69) is 0 Å². The van der Waals surface area contributed by atoms with Crippen molar-refractivity contribution in [3.8, 4) is 0 Å². The van der Waals surface area contributed by atoms with Gasteiger partial charge in [0.2, 0.25) is 0 Å². The van der Waals surface area contributed by atoms with E-state index in [0.29, 0.717) is 0 Å². The Labute approximate surface area is 49.7 Å². The van der Waals surface area contributed by atoms with Gasteiger partial charge in [-0.1, -0.05) is 0 Å². The molecule has 4 heteroatoms. The normalized spacial score (nSPS) is 1.50. The molecule has 0 aromatic heterocycles. The molecule has 0 atom stereocenters. The second-order valence-corrected chi connectivity index (χ2v) is 0. The van der Waals surface area contributed by atoms with Crippen molar-refractivity contribution in [1.29, 1.82) is 0 Å². The molecule has 0 saturated heterocycles. The molecule has 0 aromatic rings. The van der Waals surface area contributed by atoms with E-state index in [1.165, 1.54) is 0 Å². The molecule has 0 rings (SSSR count). The Hall–Kier alpha value is 1.17. The van der Waals surface area contributed by atoms with Crippen LogP contribution < -0.4 is 0 Å². The van der Waals surface area contributed by atoms with Crippen molar-refractivity contribution in [2.45, 2.75) is 0 Å². The molecule has 0 heterocycles. The van der Waals surface area contributed by atoms with Gasteiger partial charge in [0.1, 0.15) is 0 Å². The number of hydrogen-bond acceptors (Lipinski definition) is 2. The molecule has 0 unspecified atom stereocenters. The van der Waals surface area contributed by atoms with Crippen LogP contribution in [-0.4, -0.2) is 10.5 Å². The fourth-order valence-corrected chi connectivity index (χ4v) is 0. The van der Waals surface area contributed by atoms with Gasteiger partial charge >= 0.3 is 0 Å². The number of rotatable bonds is 0. The van der Waals surface area contributed by atoms with Gasteiger partial charge in [0.25, 0.3) is 0 Å². The summed E-state index contributed by atoms with van der Waals surface area (Å²) in [5.74, 6) is 0. The zero-order chi connectivity index (χ0) is 2.00. The van der Waals surface area contributed by atoms with E-state index in [1.807, 2.05) is 0 Å². The Bertz CT molecular complexity index is 4.00. The minimum Gasteiger partial charge on any atom is -0.255 e. The first-order valence-electron chi connectivity index (χ1n) is 0.200. The maximum Gasteiger partial charge on any atom is 0 e. The monoisotopic (exact) mass is 162 g/mol. The predicted molar refractivity (Wildman–Crippen MR) is 5.26 cm³/mol. The first-order valence-corrected chi connectivity index (χ1v) is 0.200. The fraction of sp³-hybridized carbons (Fsp3) is 0. The van der Waals surface area contributed by atoms with Crippen LogP contribution in [-0.2, 0) is 39.0 Å². The van der Waals surface area contributed by atoms with Crippen LogP contribution in [0.25, 0.3) is 0 Å². The number of hydrogen-bond donors (Lipinski definition) is 2. The third-order valence-electron chi connectivity index (χ3n) is 0. The van der Waals surface area contributed by atoms with E-state index in [0.717, 1.165) is 0 Å². The first-order chi connectivity index (χ1) is 1.00. The smallest absolute Gasteiger partial charge is 0 e. The summed E-state index contributed by atoms with van der Waals surface area (Å²) >= 11 is 0. The molecule has 2 nitrogen and oxygen atoms in total. The predicted octanol–water partition coefficient (Wildman–Crippen LogP) is 0.0124. The molecule has 0 spiro atoms. The van der Waals surface area contributed by atoms with Crippen LogP contribution >= 0.6 is 0 Å². The maximum atomic E-state index is 6.00. The van der Waals surface area contributed by atoms with Gasteiger partial charge in [-0.25, -0.2) is 0 Å². The molecule has 0 saturated carbocycles. The van der Waals surface area contributed by atoms with E-state index in [9.17, 15) is 0 Å². The third-order valence-corrected chi connectivity index (χ3v) is 0. The van der Waals surface area contributed by atoms with Gasteiger partial charge in [-0.3, -0.25) is 10.5 Å². The Morgan fingerprint density at radius 1 is 0.750 bits per heavy atom. The molecule has 2 N–H and O–H groups in total. The van der Waals surface area contributed by atoms with Crippen molar-refractivity contribution in [3.63, 3.8) is 0 Å². The molecule has 0 aromatic carbocycles. The third kappa shape index (κ3) is 10.9. The Morgan fingerprint density at radius 3 is 0.750 bits per heavy atom. The summed E-state index contributed by atoms with van der Waals surface area (Å²) in [7, 11) is 0. The van der Waals surface area contributed by atoms with Gasteiger partial charge in [0.05, 0.1) is 0 Å². The van der Waals surface area contributed by atoms with Crippen molar-refractivity contribution in [2.75, 3.05) is 0 Å². The molecule has 0 amide bonds. The summed E-state index contributed by atoms with van der Waals surface area (Å²) in [4.78, 5) is 0. The summed E-state index contributed by atoms with van der Waals surface area (Å²) in [5.41, 5.74) is 0. The summed E-state index contributed by atoms with van der Waals surface area (Å²) < 4.78 is 0. The Kier molecular flexibility index (Phi) is 147. The van der Waals surface area contributed by atoms with Crippen molar-refractivity contribution >= 4 is 0 Å². The maximum absolute atomic E-state index is 6.00. The summed E-state index contributed by atoms with van der Waals surface area (Å²) in [5, 5.41) is 12.0. The standard InChI is InChI=1S/H2O2.2Zn/c1-2;;/h1-2H;;. The van der Waals surface area contributed by atoms with E-state index < -0.39 is 0 Å². The van der Waals surface area contributed by atoms with Crippen LogP contribution in [0.5, 0.6) is 0 Å². The molecule has 18 valence electrons. The second kappa shape index (κ2) is 30.7. The Balaban J connectivity index is -0.00000000500. The van der Waals surface area contributed by atoms with Crippen LogP contribution in [0.15, 0.2) is 0 Å². The molecular formula is H2O2Zn2. The van der Waals surface area contributed by atoms with Crippen LogP contribution in [0.3, 0.4) is 0 Å². The van der Waals surface area contributed by atoms with Crippen molar-refractivity contribution in [2.24, 2.45) is 0 Å². The van der Waals surface area contributed by atoms with E-state index in [-0.39, 0.29) is 39.0 Å². The summed E-state index contributed by atoms with van der Waals surface area (Å²) in [6, 6.07) is 0.